The van der Waals surface area contributed by atoms with Crippen LogP contribution < -0.4 is 5.43 Å². The van der Waals surface area contributed by atoms with Crippen LogP contribution in [-0.2, 0) is 0 Å². The van der Waals surface area contributed by atoms with Crippen molar-refractivity contribution in [3.05, 3.63) is 50.8 Å². The smallest absolute Gasteiger partial charge is 0.324 e. The molecule has 0 spiro atoms. The summed E-state index contributed by atoms with van der Waals surface area (Å²) < 4.78 is 4.99. The maximum atomic E-state index is 11.6. The van der Waals surface area contributed by atoms with Crippen molar-refractivity contribution in [3.8, 4) is 0 Å². The topological polar surface area (TPSA) is 97.7 Å². The van der Waals surface area contributed by atoms with Gasteiger partial charge in [0.15, 0.2) is 0 Å². The van der Waals surface area contributed by atoms with Gasteiger partial charge in [-0.3, -0.25) is 14.9 Å². The molecule has 0 saturated heterocycles. The number of aryl methyl sites for hydroxylation is 1. The van der Waals surface area contributed by atoms with Crippen LogP contribution in [0.4, 0.5) is 5.00 Å². The Bertz CT molecular complexity index is 644. The lowest BCUT2D eigenvalue weighted by Crippen LogP contribution is -2.17. The highest BCUT2D eigenvalue weighted by Crippen LogP contribution is 2.22. The quantitative estimate of drug-likeness (QED) is 0.527. The average Bonchev–Trinajstić information content (AvgIpc) is 2.97. The van der Waals surface area contributed by atoms with Gasteiger partial charge >= 0.3 is 5.00 Å². The van der Waals surface area contributed by atoms with Gasteiger partial charge in [0.2, 0.25) is 0 Å². The summed E-state index contributed by atoms with van der Waals surface area (Å²) in [7, 11) is 0. The van der Waals surface area contributed by atoms with Crippen molar-refractivity contribution in [2.75, 3.05) is 0 Å². The summed E-state index contributed by atoms with van der Waals surface area (Å²) in [6.45, 7) is 1.67. The molecule has 2 rings (SSSR count). The molecule has 0 radical (unpaired) electrons. The van der Waals surface area contributed by atoms with Crippen LogP contribution in [0.1, 0.15) is 21.0 Å². The van der Waals surface area contributed by atoms with E-state index in [4.69, 9.17) is 4.42 Å². The van der Waals surface area contributed by atoms with E-state index in [9.17, 15) is 14.9 Å². The fourth-order valence-corrected chi connectivity index (χ4v) is 2.04. The predicted molar refractivity (Wildman–Crippen MR) is 69.5 cm³/mol. The lowest BCUT2D eigenvalue weighted by atomic mass is 10.2. The molecule has 0 atom stereocenters. The van der Waals surface area contributed by atoms with E-state index < -0.39 is 10.8 Å². The minimum atomic E-state index is -0.477. The van der Waals surface area contributed by atoms with Gasteiger partial charge in [-0.2, -0.15) is 5.10 Å². The standard InChI is InChI=1S/C11H9N3O4S/c1-7-9(4-5-18-7)11(15)13-12-6-8-2-3-10(19-8)14(16)17/h2-6H,1H3,(H,13,15)/b12-6-. The molecule has 1 amide bonds. The first kappa shape index (κ1) is 13.0. The number of rotatable bonds is 4. The molecule has 7 nitrogen and oxygen atoms in total. The second kappa shape index (κ2) is 5.44. The van der Waals surface area contributed by atoms with E-state index in [-0.39, 0.29) is 5.00 Å². The molecule has 0 bridgehead atoms. The van der Waals surface area contributed by atoms with Crippen LogP contribution in [0.3, 0.4) is 0 Å². The van der Waals surface area contributed by atoms with Gasteiger partial charge in [0.25, 0.3) is 5.91 Å². The predicted octanol–water partition coefficient (Wildman–Crippen LogP) is 2.32. The van der Waals surface area contributed by atoms with E-state index >= 15 is 0 Å². The second-order valence-electron chi connectivity index (χ2n) is 3.52. The highest BCUT2D eigenvalue weighted by molar-refractivity contribution is 7.16. The molecular formula is C11H9N3O4S. The summed E-state index contributed by atoms with van der Waals surface area (Å²) in [6, 6.07) is 4.48. The molecule has 2 aromatic heterocycles. The molecule has 0 saturated carbocycles. The Kier molecular flexibility index (Phi) is 3.71. The van der Waals surface area contributed by atoms with Gasteiger partial charge in [-0.1, -0.05) is 11.3 Å². The highest BCUT2D eigenvalue weighted by Gasteiger charge is 2.10. The molecule has 0 aliphatic rings. The Morgan fingerprint density at radius 3 is 2.89 bits per heavy atom. The van der Waals surface area contributed by atoms with Gasteiger partial charge in [0.1, 0.15) is 5.76 Å². The summed E-state index contributed by atoms with van der Waals surface area (Å²) in [6.07, 6.45) is 2.77. The van der Waals surface area contributed by atoms with Crippen LogP contribution in [0, 0.1) is 17.0 Å². The monoisotopic (exact) mass is 279 g/mol. The van der Waals surface area contributed by atoms with Gasteiger partial charge in [0.05, 0.1) is 27.8 Å². The van der Waals surface area contributed by atoms with E-state index in [1.807, 2.05) is 0 Å². The van der Waals surface area contributed by atoms with Gasteiger partial charge in [-0.15, -0.1) is 0 Å². The molecule has 19 heavy (non-hydrogen) atoms. The SMILES string of the molecule is Cc1occc1C(=O)N/N=C\c1ccc([N+](=O)[O-])s1. The third kappa shape index (κ3) is 3.05. The van der Waals surface area contributed by atoms with Crippen molar-refractivity contribution in [2.24, 2.45) is 5.10 Å². The van der Waals surface area contributed by atoms with Crippen molar-refractivity contribution in [1.82, 2.24) is 5.43 Å². The Morgan fingerprint density at radius 1 is 1.53 bits per heavy atom. The van der Waals surface area contributed by atoms with Crippen molar-refractivity contribution in [2.45, 2.75) is 6.92 Å². The number of amides is 1. The zero-order valence-electron chi connectivity index (χ0n) is 9.82. The molecule has 0 fully saturated rings. The Balaban J connectivity index is 1.98. The summed E-state index contributed by atoms with van der Waals surface area (Å²) in [5, 5.41) is 14.2. The van der Waals surface area contributed by atoms with Gasteiger partial charge in [-0.05, 0) is 19.1 Å². The number of nitrogens with zero attached hydrogens (tertiary/aromatic N) is 2. The first-order valence-electron chi connectivity index (χ1n) is 5.19. The number of hydrogen-bond donors (Lipinski definition) is 1. The van der Waals surface area contributed by atoms with Gasteiger partial charge in [-0.25, -0.2) is 5.43 Å². The van der Waals surface area contributed by atoms with E-state index in [1.54, 1.807) is 13.0 Å². The first-order chi connectivity index (χ1) is 9.08. The number of thiophene rings is 1. The highest BCUT2D eigenvalue weighted by atomic mass is 32.1. The molecule has 1 N–H and O–H groups in total. The van der Waals surface area contributed by atoms with Crippen molar-refractivity contribution < 1.29 is 14.1 Å². The van der Waals surface area contributed by atoms with Crippen LogP contribution >= 0.6 is 11.3 Å². The molecular weight excluding hydrogens is 270 g/mol. The fourth-order valence-electron chi connectivity index (χ4n) is 1.34. The van der Waals surface area contributed by atoms with E-state index in [1.165, 1.54) is 24.6 Å². The van der Waals surface area contributed by atoms with Crippen LogP contribution in [0.5, 0.6) is 0 Å². The average molecular weight is 279 g/mol. The van der Waals surface area contributed by atoms with E-state index in [0.29, 0.717) is 16.2 Å². The summed E-state index contributed by atoms with van der Waals surface area (Å²) in [5.74, 6) is 0.105. The number of nitro groups is 1. The number of hydrogen-bond acceptors (Lipinski definition) is 6. The molecule has 0 aliphatic heterocycles. The zero-order chi connectivity index (χ0) is 13.8. The Morgan fingerprint density at radius 2 is 2.32 bits per heavy atom. The largest absolute Gasteiger partial charge is 0.469 e. The molecule has 2 aromatic rings. The third-order valence-corrected chi connectivity index (χ3v) is 3.23. The summed E-state index contributed by atoms with van der Waals surface area (Å²) in [4.78, 5) is 22.2. The third-order valence-electron chi connectivity index (χ3n) is 2.25. The lowest BCUT2D eigenvalue weighted by molar-refractivity contribution is -0.380. The van der Waals surface area contributed by atoms with E-state index in [0.717, 1.165) is 11.3 Å². The van der Waals surface area contributed by atoms with Crippen molar-refractivity contribution in [1.29, 1.82) is 0 Å². The zero-order valence-corrected chi connectivity index (χ0v) is 10.6. The van der Waals surface area contributed by atoms with Crippen LogP contribution in [0.15, 0.2) is 34.0 Å². The maximum absolute atomic E-state index is 11.6. The number of hydrazone groups is 1. The first-order valence-corrected chi connectivity index (χ1v) is 6.01. The van der Waals surface area contributed by atoms with Crippen molar-refractivity contribution in [3.63, 3.8) is 0 Å². The minimum Gasteiger partial charge on any atom is -0.469 e. The minimum absolute atomic E-state index is 0.0263. The number of nitrogens with one attached hydrogen (secondary N) is 1. The van der Waals surface area contributed by atoms with Crippen LogP contribution in [-0.4, -0.2) is 17.0 Å². The summed E-state index contributed by atoms with van der Waals surface area (Å²) in [5.41, 5.74) is 2.72. The Labute approximate surface area is 111 Å². The molecule has 2 heterocycles. The summed E-state index contributed by atoms with van der Waals surface area (Å²) >= 11 is 0.975. The second-order valence-corrected chi connectivity index (χ2v) is 4.62. The molecule has 0 unspecified atom stereocenters. The van der Waals surface area contributed by atoms with E-state index in [2.05, 4.69) is 10.5 Å². The number of furan rings is 1. The normalized spacial score (nSPS) is 10.8. The molecule has 98 valence electrons. The molecule has 0 aliphatic carbocycles. The van der Waals surface area contributed by atoms with Crippen LogP contribution in [0.2, 0.25) is 0 Å². The molecule has 8 heteroatoms. The van der Waals surface area contributed by atoms with Crippen LogP contribution in [0.25, 0.3) is 0 Å². The molecule has 0 aromatic carbocycles. The Hall–Kier alpha value is -2.48. The lowest BCUT2D eigenvalue weighted by Gasteiger charge is -1.96. The van der Waals surface area contributed by atoms with Gasteiger partial charge in [0, 0.05) is 6.07 Å². The van der Waals surface area contributed by atoms with Gasteiger partial charge < -0.3 is 4.42 Å². The van der Waals surface area contributed by atoms with Crippen molar-refractivity contribution >= 4 is 28.5 Å². The number of carbonyl (C=O) groups excluding carboxylic acids is 1. The maximum Gasteiger partial charge on any atom is 0.324 e. The number of carbonyl (C=O) groups is 1. The fraction of sp³-hybridized carbons (Fsp3) is 0.0909.